The van der Waals surface area contributed by atoms with Crippen molar-refractivity contribution >= 4 is 17.6 Å². The summed E-state index contributed by atoms with van der Waals surface area (Å²) in [5.74, 6) is 1.25. The van der Waals surface area contributed by atoms with Crippen LogP contribution in [0.4, 0.5) is 10.6 Å². The summed E-state index contributed by atoms with van der Waals surface area (Å²) >= 11 is 0. The Bertz CT molecular complexity index is 671. The van der Waals surface area contributed by atoms with E-state index < -0.39 is 0 Å². The molecule has 2 aliphatic heterocycles. The Balaban J connectivity index is 1.26. The van der Waals surface area contributed by atoms with Gasteiger partial charge in [0.15, 0.2) is 0 Å². The number of unbranched alkanes of at least 4 members (excludes halogenated alkanes) is 1. The van der Waals surface area contributed by atoms with E-state index in [1.807, 2.05) is 0 Å². The van der Waals surface area contributed by atoms with Crippen molar-refractivity contribution in [1.82, 2.24) is 20.5 Å². The van der Waals surface area contributed by atoms with Gasteiger partial charge in [0.05, 0.1) is 6.54 Å². The van der Waals surface area contributed by atoms with Gasteiger partial charge in [-0.3, -0.25) is 9.69 Å². The van der Waals surface area contributed by atoms with Crippen LogP contribution in [0.5, 0.6) is 0 Å². The third-order valence-corrected chi connectivity index (χ3v) is 5.47. The minimum atomic E-state index is -0.0823. The lowest BCUT2D eigenvalue weighted by Gasteiger charge is -2.31. The van der Waals surface area contributed by atoms with Crippen molar-refractivity contribution in [2.24, 2.45) is 0 Å². The monoisotopic (exact) mass is 387 g/mol. The summed E-state index contributed by atoms with van der Waals surface area (Å²) in [5.41, 5.74) is 2.44. The molecule has 1 fully saturated rings. The Labute approximate surface area is 167 Å². The summed E-state index contributed by atoms with van der Waals surface area (Å²) in [6.07, 6.45) is 6.99. The first kappa shape index (κ1) is 20.6. The standard InChI is InChI=1S/C21H33N5O2/c1-16(27)15-26-13-9-19(10-14-26)25-21(28)23-11-3-2-6-18-8-7-17-5-4-12-22-20(17)24-18/h7-8,19H,2-6,9-15H2,1H3,(H,22,24)(H2,23,25,28). The van der Waals surface area contributed by atoms with Crippen LogP contribution < -0.4 is 16.0 Å². The third-order valence-electron chi connectivity index (χ3n) is 5.47. The number of rotatable bonds is 8. The van der Waals surface area contributed by atoms with E-state index in [-0.39, 0.29) is 17.9 Å². The maximum atomic E-state index is 12.1. The van der Waals surface area contributed by atoms with Crippen molar-refractivity contribution in [2.75, 3.05) is 38.0 Å². The number of nitrogens with zero attached hydrogens (tertiary/aromatic N) is 2. The number of nitrogens with one attached hydrogen (secondary N) is 3. The van der Waals surface area contributed by atoms with Crippen molar-refractivity contribution in [2.45, 2.75) is 57.9 Å². The van der Waals surface area contributed by atoms with Gasteiger partial charge in [0, 0.05) is 37.9 Å². The quantitative estimate of drug-likeness (QED) is 0.595. The predicted octanol–water partition coefficient (Wildman–Crippen LogP) is 2.11. The average Bonchev–Trinajstić information content (AvgIpc) is 2.69. The van der Waals surface area contributed by atoms with Crippen LogP contribution in [-0.4, -0.2) is 60.5 Å². The molecule has 7 heteroatoms. The van der Waals surface area contributed by atoms with Gasteiger partial charge in [0.2, 0.25) is 0 Å². The summed E-state index contributed by atoms with van der Waals surface area (Å²) in [7, 11) is 0. The lowest BCUT2D eigenvalue weighted by Crippen LogP contribution is -2.48. The van der Waals surface area contributed by atoms with Crippen LogP contribution in [0.25, 0.3) is 0 Å². The molecule has 2 amide bonds. The van der Waals surface area contributed by atoms with E-state index in [1.165, 1.54) is 12.0 Å². The molecular weight excluding hydrogens is 354 g/mol. The zero-order valence-electron chi connectivity index (χ0n) is 16.9. The molecule has 1 saturated heterocycles. The minimum absolute atomic E-state index is 0.0823. The van der Waals surface area contributed by atoms with Crippen molar-refractivity contribution < 1.29 is 9.59 Å². The molecule has 0 atom stereocenters. The van der Waals surface area contributed by atoms with Gasteiger partial charge in [0.1, 0.15) is 11.6 Å². The molecule has 0 saturated carbocycles. The molecule has 2 aliphatic rings. The zero-order valence-corrected chi connectivity index (χ0v) is 16.9. The Hall–Kier alpha value is -2.15. The Kier molecular flexibility index (Phi) is 7.65. The van der Waals surface area contributed by atoms with Gasteiger partial charge >= 0.3 is 6.03 Å². The van der Waals surface area contributed by atoms with Gasteiger partial charge in [-0.15, -0.1) is 0 Å². The fourth-order valence-electron chi connectivity index (χ4n) is 3.93. The first-order chi connectivity index (χ1) is 13.6. The molecule has 0 unspecified atom stereocenters. The molecule has 154 valence electrons. The van der Waals surface area contributed by atoms with E-state index in [1.54, 1.807) is 6.92 Å². The Morgan fingerprint density at radius 1 is 1.25 bits per heavy atom. The summed E-state index contributed by atoms with van der Waals surface area (Å²) in [4.78, 5) is 30.1. The Morgan fingerprint density at radius 2 is 2.07 bits per heavy atom. The number of aryl methyl sites for hydroxylation is 2. The number of hydrogen-bond donors (Lipinski definition) is 3. The van der Waals surface area contributed by atoms with Gasteiger partial charge in [-0.1, -0.05) is 6.07 Å². The molecule has 0 radical (unpaired) electrons. The van der Waals surface area contributed by atoms with Crippen molar-refractivity contribution in [3.8, 4) is 0 Å². The Morgan fingerprint density at radius 3 is 2.86 bits per heavy atom. The van der Waals surface area contributed by atoms with Gasteiger partial charge < -0.3 is 16.0 Å². The number of hydrogen-bond acceptors (Lipinski definition) is 5. The second-order valence-corrected chi connectivity index (χ2v) is 7.95. The molecule has 0 spiro atoms. The van der Waals surface area contributed by atoms with Gasteiger partial charge in [-0.2, -0.15) is 0 Å². The normalized spacial score (nSPS) is 17.5. The van der Waals surface area contributed by atoms with Crippen LogP contribution in [0.15, 0.2) is 12.1 Å². The van der Waals surface area contributed by atoms with Crippen molar-refractivity contribution in [3.63, 3.8) is 0 Å². The summed E-state index contributed by atoms with van der Waals surface area (Å²) in [6.45, 7) is 5.57. The first-order valence-corrected chi connectivity index (χ1v) is 10.6. The number of amides is 2. The van der Waals surface area contributed by atoms with Crippen LogP contribution in [0.2, 0.25) is 0 Å². The largest absolute Gasteiger partial charge is 0.370 e. The predicted molar refractivity (Wildman–Crippen MR) is 111 cm³/mol. The number of carbonyl (C=O) groups is 2. The summed E-state index contributed by atoms with van der Waals surface area (Å²) in [5, 5.41) is 9.39. The average molecular weight is 388 g/mol. The van der Waals surface area contributed by atoms with Crippen LogP contribution in [0.3, 0.4) is 0 Å². The number of anilines is 1. The highest BCUT2D eigenvalue weighted by atomic mass is 16.2. The molecule has 1 aromatic heterocycles. The van der Waals surface area contributed by atoms with E-state index in [2.05, 4.69) is 33.0 Å². The van der Waals surface area contributed by atoms with E-state index in [9.17, 15) is 9.59 Å². The molecule has 0 aromatic carbocycles. The molecule has 1 aromatic rings. The zero-order chi connectivity index (χ0) is 19.8. The highest BCUT2D eigenvalue weighted by Crippen LogP contribution is 2.20. The van der Waals surface area contributed by atoms with E-state index >= 15 is 0 Å². The number of carbonyl (C=O) groups excluding carboxylic acids is 2. The second-order valence-electron chi connectivity index (χ2n) is 7.95. The number of pyridine rings is 1. The van der Waals surface area contributed by atoms with Gasteiger partial charge in [-0.05, 0) is 63.5 Å². The summed E-state index contributed by atoms with van der Waals surface area (Å²) < 4.78 is 0. The fourth-order valence-corrected chi connectivity index (χ4v) is 3.93. The van der Waals surface area contributed by atoms with Crippen molar-refractivity contribution in [3.05, 3.63) is 23.4 Å². The number of ketones is 1. The number of urea groups is 1. The van der Waals surface area contributed by atoms with Gasteiger partial charge in [-0.25, -0.2) is 9.78 Å². The highest BCUT2D eigenvalue weighted by Gasteiger charge is 2.21. The summed E-state index contributed by atoms with van der Waals surface area (Å²) in [6, 6.07) is 4.44. The van der Waals surface area contributed by atoms with E-state index in [0.29, 0.717) is 13.1 Å². The lowest BCUT2D eigenvalue weighted by molar-refractivity contribution is -0.118. The first-order valence-electron chi connectivity index (χ1n) is 10.6. The molecule has 0 bridgehead atoms. The van der Waals surface area contributed by atoms with E-state index in [4.69, 9.17) is 4.98 Å². The maximum Gasteiger partial charge on any atom is 0.315 e. The maximum absolute atomic E-state index is 12.1. The fraction of sp³-hybridized carbons (Fsp3) is 0.667. The van der Waals surface area contributed by atoms with Crippen molar-refractivity contribution in [1.29, 1.82) is 0 Å². The smallest absolute Gasteiger partial charge is 0.315 e. The molecule has 3 heterocycles. The molecule has 0 aliphatic carbocycles. The number of fused-ring (bicyclic) bond motifs is 1. The molecular formula is C21H33N5O2. The third kappa shape index (κ3) is 6.48. The number of Topliss-reactive ketones (excluding diaryl/α,β-unsaturated/α-hetero) is 1. The lowest BCUT2D eigenvalue weighted by atomic mass is 10.1. The van der Waals surface area contributed by atoms with Crippen LogP contribution in [0.1, 0.15) is 50.3 Å². The highest BCUT2D eigenvalue weighted by molar-refractivity contribution is 5.77. The van der Waals surface area contributed by atoms with E-state index in [0.717, 1.165) is 69.7 Å². The van der Waals surface area contributed by atoms with Crippen LogP contribution in [0, 0.1) is 0 Å². The molecule has 7 nitrogen and oxygen atoms in total. The number of aromatic nitrogens is 1. The number of piperidine rings is 1. The minimum Gasteiger partial charge on any atom is -0.370 e. The topological polar surface area (TPSA) is 86.4 Å². The SMILES string of the molecule is CC(=O)CN1CCC(NC(=O)NCCCCc2ccc3c(n2)NCCC3)CC1. The second kappa shape index (κ2) is 10.4. The molecule has 3 N–H and O–H groups in total. The van der Waals surface area contributed by atoms with Gasteiger partial charge in [0.25, 0.3) is 0 Å². The van der Waals surface area contributed by atoms with Crippen LogP contribution >= 0.6 is 0 Å². The number of likely N-dealkylation sites (tertiary alicyclic amines) is 1. The molecule has 3 rings (SSSR count). The van der Waals surface area contributed by atoms with Crippen LogP contribution in [-0.2, 0) is 17.6 Å². The molecule has 28 heavy (non-hydrogen) atoms.